The van der Waals surface area contributed by atoms with Crippen LogP contribution in [0.25, 0.3) is 0 Å². The van der Waals surface area contributed by atoms with Gasteiger partial charge in [0.05, 0.1) is 12.5 Å². The second-order valence-corrected chi connectivity index (χ2v) is 6.63. The minimum absolute atomic E-state index is 0.0547. The monoisotopic (exact) mass is 332 g/mol. The molecule has 0 aromatic heterocycles. The number of para-hydroxylation sites is 1. The average molecular weight is 332 g/mol. The Morgan fingerprint density at radius 2 is 2.04 bits per heavy atom. The summed E-state index contributed by atoms with van der Waals surface area (Å²) >= 11 is 0. The number of nitrogens with zero attached hydrogens (tertiary/aromatic N) is 2. The van der Waals surface area contributed by atoms with Gasteiger partial charge in [-0.25, -0.2) is 0 Å². The minimum atomic E-state index is -0.0547. The number of aryl methyl sites for hydroxylation is 1. The molecule has 1 unspecified atom stereocenters. The van der Waals surface area contributed by atoms with Crippen LogP contribution in [0.15, 0.2) is 24.3 Å². The summed E-state index contributed by atoms with van der Waals surface area (Å²) in [6.07, 6.45) is 2.93. The van der Waals surface area contributed by atoms with Crippen molar-refractivity contribution in [2.75, 3.05) is 33.8 Å². The van der Waals surface area contributed by atoms with Crippen LogP contribution in [0.4, 0.5) is 0 Å². The van der Waals surface area contributed by atoms with Crippen LogP contribution in [0.5, 0.6) is 5.75 Å². The van der Waals surface area contributed by atoms with Crippen LogP contribution in [0.3, 0.4) is 0 Å². The molecular weight excluding hydrogens is 304 g/mol. The van der Waals surface area contributed by atoms with Crippen molar-refractivity contribution in [3.05, 3.63) is 29.8 Å². The summed E-state index contributed by atoms with van der Waals surface area (Å²) in [6.45, 7) is 3.85. The number of hydrogen-bond acceptors (Lipinski definition) is 3. The molecule has 0 N–H and O–H groups in total. The first-order chi connectivity index (χ1) is 11.5. The Labute approximate surface area is 144 Å². The van der Waals surface area contributed by atoms with Gasteiger partial charge in [-0.1, -0.05) is 18.2 Å². The fraction of sp³-hybridized carbons (Fsp3) is 0.579. The van der Waals surface area contributed by atoms with E-state index in [1.54, 1.807) is 19.0 Å². The number of carbonyl (C=O) groups excluding carboxylic acids is 2. The normalized spacial score (nSPS) is 17.5. The summed E-state index contributed by atoms with van der Waals surface area (Å²) in [5, 5.41) is 0. The summed E-state index contributed by atoms with van der Waals surface area (Å²) in [7, 11) is 3.54. The van der Waals surface area contributed by atoms with E-state index in [1.807, 2.05) is 36.1 Å². The number of rotatable bonds is 6. The molecular formula is C19H28N2O3. The zero-order valence-electron chi connectivity index (χ0n) is 15.0. The second kappa shape index (κ2) is 8.71. The highest BCUT2D eigenvalue weighted by molar-refractivity contribution is 5.81. The van der Waals surface area contributed by atoms with Crippen molar-refractivity contribution in [1.29, 1.82) is 0 Å². The van der Waals surface area contributed by atoms with E-state index in [-0.39, 0.29) is 17.7 Å². The number of benzene rings is 1. The fourth-order valence-corrected chi connectivity index (χ4v) is 3.05. The van der Waals surface area contributed by atoms with E-state index in [9.17, 15) is 9.59 Å². The lowest BCUT2D eigenvalue weighted by Gasteiger charge is -2.33. The summed E-state index contributed by atoms with van der Waals surface area (Å²) in [6, 6.07) is 7.88. The van der Waals surface area contributed by atoms with Gasteiger partial charge < -0.3 is 14.5 Å². The standard InChI is InChI=1S/C19H28N2O3/c1-15-8-4-5-10-17(15)24-13-7-11-18(22)21-12-6-9-16(14-21)19(23)20(2)3/h4-5,8,10,16H,6-7,9,11-14H2,1-3H3. The van der Waals surface area contributed by atoms with Gasteiger partial charge in [0.2, 0.25) is 11.8 Å². The number of ether oxygens (including phenoxy) is 1. The van der Waals surface area contributed by atoms with Crippen LogP contribution in [-0.4, -0.2) is 55.4 Å². The number of carbonyl (C=O) groups is 2. The Kier molecular flexibility index (Phi) is 6.64. The smallest absolute Gasteiger partial charge is 0.226 e. The predicted octanol–water partition coefficient (Wildman–Crippen LogP) is 2.48. The number of likely N-dealkylation sites (tertiary alicyclic amines) is 1. The molecule has 0 aliphatic carbocycles. The molecule has 1 aromatic carbocycles. The van der Waals surface area contributed by atoms with Gasteiger partial charge >= 0.3 is 0 Å². The molecule has 24 heavy (non-hydrogen) atoms. The molecule has 1 fully saturated rings. The Morgan fingerprint density at radius 3 is 2.75 bits per heavy atom. The Morgan fingerprint density at radius 1 is 1.29 bits per heavy atom. The maximum Gasteiger partial charge on any atom is 0.226 e. The third-order valence-electron chi connectivity index (χ3n) is 4.45. The molecule has 5 nitrogen and oxygen atoms in total. The minimum Gasteiger partial charge on any atom is -0.493 e. The Balaban J connectivity index is 1.74. The molecule has 1 aliphatic rings. The fourth-order valence-electron chi connectivity index (χ4n) is 3.05. The topological polar surface area (TPSA) is 49.9 Å². The quantitative estimate of drug-likeness (QED) is 0.752. The zero-order valence-corrected chi connectivity index (χ0v) is 15.0. The van der Waals surface area contributed by atoms with Gasteiger partial charge in [-0.05, 0) is 37.8 Å². The van der Waals surface area contributed by atoms with Crippen LogP contribution in [0.1, 0.15) is 31.2 Å². The Bertz CT molecular complexity index is 571. The van der Waals surface area contributed by atoms with Crippen LogP contribution in [0, 0.1) is 12.8 Å². The molecule has 0 saturated carbocycles. The van der Waals surface area contributed by atoms with E-state index >= 15 is 0 Å². The van der Waals surface area contributed by atoms with E-state index < -0.39 is 0 Å². The highest BCUT2D eigenvalue weighted by atomic mass is 16.5. The van der Waals surface area contributed by atoms with Gasteiger partial charge in [-0.3, -0.25) is 9.59 Å². The molecule has 2 rings (SSSR count). The van der Waals surface area contributed by atoms with E-state index in [4.69, 9.17) is 4.74 Å². The van der Waals surface area contributed by atoms with Crippen molar-refractivity contribution in [2.45, 2.75) is 32.6 Å². The van der Waals surface area contributed by atoms with Crippen molar-refractivity contribution in [3.63, 3.8) is 0 Å². The number of piperidine rings is 1. The van der Waals surface area contributed by atoms with E-state index in [0.717, 1.165) is 30.7 Å². The summed E-state index contributed by atoms with van der Waals surface area (Å²) < 4.78 is 5.73. The van der Waals surface area contributed by atoms with Crippen LogP contribution >= 0.6 is 0 Å². The van der Waals surface area contributed by atoms with Gasteiger partial charge in [0.1, 0.15) is 5.75 Å². The van der Waals surface area contributed by atoms with Gasteiger partial charge in [0, 0.05) is 33.6 Å². The summed E-state index contributed by atoms with van der Waals surface area (Å²) in [5.41, 5.74) is 1.10. The highest BCUT2D eigenvalue weighted by Gasteiger charge is 2.28. The molecule has 1 aliphatic heterocycles. The van der Waals surface area contributed by atoms with E-state index in [1.165, 1.54) is 0 Å². The zero-order chi connectivity index (χ0) is 17.5. The summed E-state index contributed by atoms with van der Waals surface area (Å²) in [5.74, 6) is 1.07. The van der Waals surface area contributed by atoms with Gasteiger partial charge in [-0.2, -0.15) is 0 Å². The van der Waals surface area contributed by atoms with E-state index in [2.05, 4.69) is 0 Å². The second-order valence-electron chi connectivity index (χ2n) is 6.63. The van der Waals surface area contributed by atoms with Gasteiger partial charge in [0.15, 0.2) is 0 Å². The largest absolute Gasteiger partial charge is 0.493 e. The van der Waals surface area contributed by atoms with Gasteiger partial charge in [0.25, 0.3) is 0 Å². The lowest BCUT2D eigenvalue weighted by molar-refractivity contribution is -0.139. The lowest BCUT2D eigenvalue weighted by atomic mass is 9.96. The summed E-state index contributed by atoms with van der Waals surface area (Å²) in [4.78, 5) is 27.9. The average Bonchev–Trinajstić information content (AvgIpc) is 2.59. The number of hydrogen-bond donors (Lipinski definition) is 0. The van der Waals surface area contributed by atoms with Crippen molar-refractivity contribution in [2.24, 2.45) is 5.92 Å². The van der Waals surface area contributed by atoms with Crippen molar-refractivity contribution in [1.82, 2.24) is 9.80 Å². The third-order valence-corrected chi connectivity index (χ3v) is 4.45. The molecule has 132 valence electrons. The predicted molar refractivity (Wildman–Crippen MR) is 93.9 cm³/mol. The molecule has 0 radical (unpaired) electrons. The Hall–Kier alpha value is -2.04. The van der Waals surface area contributed by atoms with Gasteiger partial charge in [-0.15, -0.1) is 0 Å². The molecule has 1 heterocycles. The first-order valence-electron chi connectivity index (χ1n) is 8.66. The SMILES string of the molecule is Cc1ccccc1OCCCC(=O)N1CCCC(C(=O)N(C)C)C1. The van der Waals surface area contributed by atoms with Crippen LogP contribution < -0.4 is 4.74 Å². The molecule has 1 aromatic rings. The maximum absolute atomic E-state index is 12.4. The molecule has 5 heteroatoms. The maximum atomic E-state index is 12.4. The molecule has 1 saturated heterocycles. The lowest BCUT2D eigenvalue weighted by Crippen LogP contribution is -2.45. The molecule has 0 bridgehead atoms. The van der Waals surface area contributed by atoms with Crippen LogP contribution in [-0.2, 0) is 9.59 Å². The first-order valence-corrected chi connectivity index (χ1v) is 8.66. The van der Waals surface area contributed by atoms with E-state index in [0.29, 0.717) is 26.0 Å². The third kappa shape index (κ3) is 4.98. The van der Waals surface area contributed by atoms with Crippen molar-refractivity contribution in [3.8, 4) is 5.75 Å². The van der Waals surface area contributed by atoms with Crippen molar-refractivity contribution < 1.29 is 14.3 Å². The molecule has 0 spiro atoms. The highest BCUT2D eigenvalue weighted by Crippen LogP contribution is 2.20. The first kappa shape index (κ1) is 18.3. The molecule has 2 amide bonds. The van der Waals surface area contributed by atoms with Crippen molar-refractivity contribution >= 4 is 11.8 Å². The number of amides is 2. The van der Waals surface area contributed by atoms with Crippen LogP contribution in [0.2, 0.25) is 0 Å². The molecule has 1 atom stereocenters.